The van der Waals surface area contributed by atoms with Gasteiger partial charge in [0.15, 0.2) is 0 Å². The predicted molar refractivity (Wildman–Crippen MR) is 69.6 cm³/mol. The fourth-order valence-electron chi connectivity index (χ4n) is 2.76. The Bertz CT molecular complexity index is 264. The number of carbonyl (C=O) groups excluding carboxylic acids is 1. The topological polar surface area (TPSA) is 47.6 Å². The van der Waals surface area contributed by atoms with Gasteiger partial charge in [0.05, 0.1) is 25.2 Å². The average Bonchev–Trinajstić information content (AvgIpc) is 3.04. The molecule has 2 aliphatic rings. The molecule has 18 heavy (non-hydrogen) atoms. The number of hydrogen-bond acceptors (Lipinski definition) is 4. The molecule has 4 nitrogen and oxygen atoms in total. The van der Waals surface area contributed by atoms with E-state index in [-0.39, 0.29) is 12.0 Å². The molecule has 2 fully saturated rings. The van der Waals surface area contributed by atoms with Crippen molar-refractivity contribution in [3.05, 3.63) is 0 Å². The second kappa shape index (κ2) is 7.22. The van der Waals surface area contributed by atoms with E-state index in [9.17, 15) is 4.79 Å². The Morgan fingerprint density at radius 1 is 1.39 bits per heavy atom. The van der Waals surface area contributed by atoms with E-state index in [0.717, 1.165) is 38.8 Å². The van der Waals surface area contributed by atoms with Gasteiger partial charge in [0.2, 0.25) is 0 Å². The number of rotatable bonds is 7. The van der Waals surface area contributed by atoms with Gasteiger partial charge in [0.1, 0.15) is 5.78 Å². The highest BCUT2D eigenvalue weighted by atomic mass is 16.5. The lowest BCUT2D eigenvalue weighted by Gasteiger charge is -2.18. The minimum Gasteiger partial charge on any atom is -0.379 e. The predicted octanol–water partition coefficient (Wildman–Crippen LogP) is 1.53. The molecule has 104 valence electrons. The van der Waals surface area contributed by atoms with E-state index in [0.29, 0.717) is 31.5 Å². The van der Waals surface area contributed by atoms with Crippen LogP contribution in [0.1, 0.15) is 39.0 Å². The summed E-state index contributed by atoms with van der Waals surface area (Å²) in [6.07, 6.45) is 5.20. The van der Waals surface area contributed by atoms with Crippen LogP contribution in [0.15, 0.2) is 0 Å². The maximum atomic E-state index is 12.2. The molecule has 0 spiro atoms. The SMILES string of the molecule is CCCNC1COCC1C(=O)CCC1CCCO1. The molecule has 2 saturated heterocycles. The molecule has 0 saturated carbocycles. The smallest absolute Gasteiger partial charge is 0.140 e. The zero-order chi connectivity index (χ0) is 12.8. The Morgan fingerprint density at radius 2 is 2.28 bits per heavy atom. The lowest BCUT2D eigenvalue weighted by molar-refractivity contribution is -0.123. The van der Waals surface area contributed by atoms with Crippen molar-refractivity contribution < 1.29 is 14.3 Å². The maximum absolute atomic E-state index is 12.2. The summed E-state index contributed by atoms with van der Waals surface area (Å²) in [7, 11) is 0. The summed E-state index contributed by atoms with van der Waals surface area (Å²) in [5.74, 6) is 0.398. The summed E-state index contributed by atoms with van der Waals surface area (Å²) in [6, 6.07) is 0.224. The second-order valence-electron chi connectivity index (χ2n) is 5.34. The normalized spacial score (nSPS) is 31.9. The van der Waals surface area contributed by atoms with E-state index in [1.165, 1.54) is 0 Å². The molecule has 0 aromatic carbocycles. The average molecular weight is 255 g/mol. The third-order valence-electron chi connectivity index (χ3n) is 3.89. The molecule has 2 heterocycles. The maximum Gasteiger partial charge on any atom is 0.140 e. The quantitative estimate of drug-likeness (QED) is 0.749. The summed E-state index contributed by atoms with van der Waals surface area (Å²) in [6.45, 7) is 5.23. The first-order valence-corrected chi connectivity index (χ1v) is 7.26. The molecule has 1 N–H and O–H groups in total. The van der Waals surface area contributed by atoms with E-state index in [2.05, 4.69) is 12.2 Å². The Kier molecular flexibility index (Phi) is 5.60. The van der Waals surface area contributed by atoms with E-state index in [4.69, 9.17) is 9.47 Å². The molecular formula is C14H25NO3. The van der Waals surface area contributed by atoms with Crippen molar-refractivity contribution in [2.75, 3.05) is 26.4 Å². The number of carbonyl (C=O) groups is 1. The minimum atomic E-state index is 0.0537. The summed E-state index contributed by atoms with van der Waals surface area (Å²) in [5, 5.41) is 3.41. The number of ether oxygens (including phenoxy) is 2. The highest BCUT2D eigenvalue weighted by Gasteiger charge is 2.33. The third-order valence-corrected chi connectivity index (χ3v) is 3.89. The van der Waals surface area contributed by atoms with E-state index in [1.54, 1.807) is 0 Å². The second-order valence-corrected chi connectivity index (χ2v) is 5.34. The van der Waals surface area contributed by atoms with Crippen LogP contribution in [0, 0.1) is 5.92 Å². The molecule has 0 radical (unpaired) electrons. The zero-order valence-corrected chi connectivity index (χ0v) is 11.3. The Labute approximate surface area is 109 Å². The van der Waals surface area contributed by atoms with Crippen LogP contribution in [0.3, 0.4) is 0 Å². The van der Waals surface area contributed by atoms with Crippen LogP contribution in [0.4, 0.5) is 0 Å². The standard InChI is InChI=1S/C14H25NO3/c1-2-7-15-13-10-17-9-12(13)14(16)6-5-11-4-3-8-18-11/h11-13,15H,2-10H2,1H3. The zero-order valence-electron chi connectivity index (χ0n) is 11.3. The van der Waals surface area contributed by atoms with Gasteiger partial charge in [-0.2, -0.15) is 0 Å². The van der Waals surface area contributed by atoms with Crippen LogP contribution in [0.25, 0.3) is 0 Å². The largest absolute Gasteiger partial charge is 0.379 e. The molecular weight excluding hydrogens is 230 g/mol. The first kappa shape index (κ1) is 14.0. The summed E-state index contributed by atoms with van der Waals surface area (Å²) in [4.78, 5) is 12.2. The van der Waals surface area contributed by atoms with Gasteiger partial charge in [-0.15, -0.1) is 0 Å². The van der Waals surface area contributed by atoms with Gasteiger partial charge in [-0.05, 0) is 32.2 Å². The minimum absolute atomic E-state index is 0.0537. The van der Waals surface area contributed by atoms with Gasteiger partial charge in [-0.3, -0.25) is 4.79 Å². The Hall–Kier alpha value is -0.450. The summed E-state index contributed by atoms with van der Waals surface area (Å²) in [5.41, 5.74) is 0. The highest BCUT2D eigenvalue weighted by Crippen LogP contribution is 2.21. The van der Waals surface area contributed by atoms with Gasteiger partial charge in [0.25, 0.3) is 0 Å². The van der Waals surface area contributed by atoms with Gasteiger partial charge in [-0.1, -0.05) is 6.92 Å². The summed E-state index contributed by atoms with van der Waals surface area (Å²) < 4.78 is 11.0. The molecule has 2 rings (SSSR count). The van der Waals surface area contributed by atoms with Crippen molar-refractivity contribution in [2.45, 2.75) is 51.2 Å². The molecule has 0 aliphatic carbocycles. The van der Waals surface area contributed by atoms with Crippen LogP contribution in [-0.2, 0) is 14.3 Å². The molecule has 4 heteroatoms. The highest BCUT2D eigenvalue weighted by molar-refractivity contribution is 5.82. The fraction of sp³-hybridized carbons (Fsp3) is 0.929. The molecule has 0 amide bonds. The number of hydrogen-bond donors (Lipinski definition) is 1. The molecule has 3 atom stereocenters. The lowest BCUT2D eigenvalue weighted by atomic mass is 9.94. The van der Waals surface area contributed by atoms with Crippen LogP contribution in [0.2, 0.25) is 0 Å². The third kappa shape index (κ3) is 3.77. The molecule has 2 aliphatic heterocycles. The van der Waals surface area contributed by atoms with Gasteiger partial charge in [0, 0.05) is 19.1 Å². The van der Waals surface area contributed by atoms with Crippen LogP contribution >= 0.6 is 0 Å². The van der Waals surface area contributed by atoms with E-state index < -0.39 is 0 Å². The van der Waals surface area contributed by atoms with Gasteiger partial charge >= 0.3 is 0 Å². The Morgan fingerprint density at radius 3 is 3.00 bits per heavy atom. The van der Waals surface area contributed by atoms with Crippen molar-refractivity contribution in [1.82, 2.24) is 5.32 Å². The van der Waals surface area contributed by atoms with Crippen molar-refractivity contribution in [2.24, 2.45) is 5.92 Å². The van der Waals surface area contributed by atoms with Gasteiger partial charge < -0.3 is 14.8 Å². The van der Waals surface area contributed by atoms with Crippen molar-refractivity contribution in [3.63, 3.8) is 0 Å². The number of nitrogens with one attached hydrogen (secondary N) is 1. The van der Waals surface area contributed by atoms with Crippen LogP contribution in [-0.4, -0.2) is 44.3 Å². The van der Waals surface area contributed by atoms with Crippen molar-refractivity contribution in [1.29, 1.82) is 0 Å². The van der Waals surface area contributed by atoms with E-state index >= 15 is 0 Å². The fourth-order valence-corrected chi connectivity index (χ4v) is 2.76. The first-order valence-electron chi connectivity index (χ1n) is 7.26. The van der Waals surface area contributed by atoms with Crippen molar-refractivity contribution >= 4 is 5.78 Å². The molecule has 0 aromatic heterocycles. The first-order chi connectivity index (χ1) is 8.81. The molecule has 3 unspecified atom stereocenters. The van der Waals surface area contributed by atoms with Crippen molar-refractivity contribution in [3.8, 4) is 0 Å². The monoisotopic (exact) mass is 255 g/mol. The lowest BCUT2D eigenvalue weighted by Crippen LogP contribution is -2.39. The molecule has 0 bridgehead atoms. The van der Waals surface area contributed by atoms with Crippen LogP contribution in [0.5, 0.6) is 0 Å². The van der Waals surface area contributed by atoms with E-state index in [1.807, 2.05) is 0 Å². The van der Waals surface area contributed by atoms with Gasteiger partial charge in [-0.25, -0.2) is 0 Å². The summed E-state index contributed by atoms with van der Waals surface area (Å²) >= 11 is 0. The van der Waals surface area contributed by atoms with Crippen LogP contribution < -0.4 is 5.32 Å². The molecule has 0 aromatic rings. The number of Topliss-reactive ketones (excluding diaryl/α,β-unsaturated/α-hetero) is 1. The Balaban J connectivity index is 1.72. The number of ketones is 1.